The molecule has 96 valence electrons. The molecule has 0 fully saturated rings. The number of hydrogen-bond donors (Lipinski definition) is 0. The number of nitro benzene ring substituents is 1. The highest BCUT2D eigenvalue weighted by atomic mass is 32.2. The van der Waals surface area contributed by atoms with E-state index in [2.05, 4.69) is 0 Å². The standard InChI is InChI=1S/C14H11NO3S/c1-10(16)13-8-7-12(9-14(13)15(17)18)19-11-5-3-2-4-6-11/h2-9H,1H3. The summed E-state index contributed by atoms with van der Waals surface area (Å²) in [6.45, 7) is 1.33. The van der Waals surface area contributed by atoms with E-state index in [4.69, 9.17) is 0 Å². The number of carbonyl (C=O) groups excluding carboxylic acids is 1. The smallest absolute Gasteiger partial charge is 0.281 e. The van der Waals surface area contributed by atoms with Gasteiger partial charge in [0.1, 0.15) is 0 Å². The lowest BCUT2D eigenvalue weighted by molar-refractivity contribution is -0.385. The lowest BCUT2D eigenvalue weighted by Crippen LogP contribution is -2.00. The molecule has 0 aliphatic rings. The number of Topliss-reactive ketones (excluding diaryl/α,β-unsaturated/α-hetero) is 1. The van der Waals surface area contributed by atoms with Crippen LogP contribution < -0.4 is 0 Å². The number of nitro groups is 1. The van der Waals surface area contributed by atoms with Crippen LogP contribution in [0.5, 0.6) is 0 Å². The van der Waals surface area contributed by atoms with Gasteiger partial charge in [-0.05, 0) is 31.2 Å². The van der Waals surface area contributed by atoms with Crippen LogP contribution in [0.25, 0.3) is 0 Å². The third-order valence-corrected chi connectivity index (χ3v) is 3.52. The van der Waals surface area contributed by atoms with Crippen LogP contribution in [0.4, 0.5) is 5.69 Å². The van der Waals surface area contributed by atoms with Crippen molar-refractivity contribution in [1.82, 2.24) is 0 Å². The maximum atomic E-state index is 11.3. The number of carbonyl (C=O) groups is 1. The van der Waals surface area contributed by atoms with Gasteiger partial charge in [0.05, 0.1) is 10.5 Å². The Morgan fingerprint density at radius 3 is 2.37 bits per heavy atom. The monoisotopic (exact) mass is 273 g/mol. The van der Waals surface area contributed by atoms with E-state index in [1.807, 2.05) is 30.3 Å². The summed E-state index contributed by atoms with van der Waals surface area (Å²) < 4.78 is 0. The predicted octanol–water partition coefficient (Wildman–Crippen LogP) is 3.95. The van der Waals surface area contributed by atoms with E-state index < -0.39 is 4.92 Å². The molecule has 0 bridgehead atoms. The molecule has 0 heterocycles. The normalized spacial score (nSPS) is 10.2. The summed E-state index contributed by atoms with van der Waals surface area (Å²) in [5, 5.41) is 11.0. The number of hydrogen-bond acceptors (Lipinski definition) is 4. The minimum atomic E-state index is -0.522. The Kier molecular flexibility index (Phi) is 3.97. The van der Waals surface area contributed by atoms with Crippen molar-refractivity contribution in [2.45, 2.75) is 16.7 Å². The lowest BCUT2D eigenvalue weighted by atomic mass is 10.1. The summed E-state index contributed by atoms with van der Waals surface area (Å²) in [4.78, 5) is 23.5. The highest BCUT2D eigenvalue weighted by Gasteiger charge is 2.18. The Labute approximate surface area is 114 Å². The Morgan fingerprint density at radius 1 is 1.11 bits per heavy atom. The van der Waals surface area contributed by atoms with Crippen LogP contribution in [-0.2, 0) is 0 Å². The maximum absolute atomic E-state index is 11.3. The SMILES string of the molecule is CC(=O)c1ccc(Sc2ccccc2)cc1[N+](=O)[O-]. The van der Waals surface area contributed by atoms with E-state index >= 15 is 0 Å². The second-order valence-corrected chi connectivity index (χ2v) is 5.05. The van der Waals surface area contributed by atoms with E-state index in [-0.39, 0.29) is 17.0 Å². The molecule has 0 saturated carbocycles. The van der Waals surface area contributed by atoms with E-state index in [1.54, 1.807) is 6.07 Å². The van der Waals surface area contributed by atoms with Gasteiger partial charge in [0.15, 0.2) is 5.78 Å². The van der Waals surface area contributed by atoms with Crippen LogP contribution in [0.2, 0.25) is 0 Å². The van der Waals surface area contributed by atoms with Crippen LogP contribution in [0.3, 0.4) is 0 Å². The van der Waals surface area contributed by atoms with E-state index in [9.17, 15) is 14.9 Å². The Bertz CT molecular complexity index is 626. The van der Waals surface area contributed by atoms with Gasteiger partial charge in [-0.15, -0.1) is 0 Å². The summed E-state index contributed by atoms with van der Waals surface area (Å²) in [6.07, 6.45) is 0. The molecular formula is C14H11NO3S. The minimum Gasteiger partial charge on any atom is -0.294 e. The average molecular weight is 273 g/mol. The zero-order chi connectivity index (χ0) is 13.8. The zero-order valence-electron chi connectivity index (χ0n) is 10.2. The number of rotatable bonds is 4. The molecule has 0 spiro atoms. The third-order valence-electron chi connectivity index (χ3n) is 2.52. The van der Waals surface area contributed by atoms with E-state index in [0.29, 0.717) is 0 Å². The Balaban J connectivity index is 2.36. The fraction of sp³-hybridized carbons (Fsp3) is 0.0714. The second kappa shape index (κ2) is 5.67. The first-order chi connectivity index (χ1) is 9.08. The summed E-state index contributed by atoms with van der Waals surface area (Å²) >= 11 is 1.42. The molecule has 0 amide bonds. The highest BCUT2D eigenvalue weighted by molar-refractivity contribution is 7.99. The van der Waals surface area contributed by atoms with Gasteiger partial charge < -0.3 is 0 Å². The van der Waals surface area contributed by atoms with Gasteiger partial charge in [-0.3, -0.25) is 14.9 Å². The predicted molar refractivity (Wildman–Crippen MR) is 73.7 cm³/mol. The first kappa shape index (κ1) is 13.3. The lowest BCUT2D eigenvalue weighted by Gasteiger charge is -2.04. The number of ketones is 1. The topological polar surface area (TPSA) is 60.2 Å². The Hall–Kier alpha value is -2.14. The molecular weight excluding hydrogens is 262 g/mol. The number of benzene rings is 2. The molecule has 0 aliphatic carbocycles. The maximum Gasteiger partial charge on any atom is 0.281 e. The molecule has 0 radical (unpaired) electrons. The van der Waals surface area contributed by atoms with Gasteiger partial charge in [-0.1, -0.05) is 30.0 Å². The molecule has 2 aromatic rings. The summed E-state index contributed by atoms with van der Waals surface area (Å²) in [5.41, 5.74) is -0.00385. The first-order valence-electron chi connectivity index (χ1n) is 5.60. The molecule has 0 aromatic heterocycles. The molecule has 19 heavy (non-hydrogen) atoms. The number of nitrogens with zero attached hydrogens (tertiary/aromatic N) is 1. The van der Waals surface area contributed by atoms with Crippen molar-refractivity contribution in [2.24, 2.45) is 0 Å². The van der Waals surface area contributed by atoms with Gasteiger partial charge in [0, 0.05) is 15.9 Å². The van der Waals surface area contributed by atoms with Gasteiger partial charge in [-0.25, -0.2) is 0 Å². The van der Waals surface area contributed by atoms with Crippen molar-refractivity contribution >= 4 is 23.2 Å². The van der Waals surface area contributed by atoms with Crippen LogP contribution >= 0.6 is 11.8 Å². The first-order valence-corrected chi connectivity index (χ1v) is 6.42. The molecule has 4 nitrogen and oxygen atoms in total. The fourth-order valence-corrected chi connectivity index (χ4v) is 2.52. The molecule has 0 atom stereocenters. The molecule has 0 aliphatic heterocycles. The summed E-state index contributed by atoms with van der Waals surface area (Å²) in [5.74, 6) is -0.303. The quantitative estimate of drug-likeness (QED) is 0.481. The van der Waals surface area contributed by atoms with Gasteiger partial charge in [0.2, 0.25) is 0 Å². The van der Waals surface area contributed by atoms with Gasteiger partial charge in [0.25, 0.3) is 5.69 Å². The average Bonchev–Trinajstić information content (AvgIpc) is 2.39. The van der Waals surface area contributed by atoms with Gasteiger partial charge in [-0.2, -0.15) is 0 Å². The highest BCUT2D eigenvalue weighted by Crippen LogP contribution is 2.31. The van der Waals surface area contributed by atoms with Crippen LogP contribution in [0.1, 0.15) is 17.3 Å². The van der Waals surface area contributed by atoms with Crippen molar-refractivity contribution < 1.29 is 9.72 Å². The van der Waals surface area contributed by atoms with Crippen molar-refractivity contribution in [3.63, 3.8) is 0 Å². The molecule has 0 N–H and O–H groups in total. The third kappa shape index (κ3) is 3.20. The fourth-order valence-electron chi connectivity index (χ4n) is 1.65. The van der Waals surface area contributed by atoms with Crippen molar-refractivity contribution in [3.05, 3.63) is 64.2 Å². The summed E-state index contributed by atoms with van der Waals surface area (Å²) in [6, 6.07) is 14.2. The zero-order valence-corrected chi connectivity index (χ0v) is 11.0. The van der Waals surface area contributed by atoms with Crippen molar-refractivity contribution in [2.75, 3.05) is 0 Å². The van der Waals surface area contributed by atoms with Gasteiger partial charge >= 0.3 is 0 Å². The molecule has 0 saturated heterocycles. The summed E-state index contributed by atoms with van der Waals surface area (Å²) in [7, 11) is 0. The van der Waals surface area contributed by atoms with Crippen LogP contribution in [0, 0.1) is 10.1 Å². The second-order valence-electron chi connectivity index (χ2n) is 3.91. The molecule has 5 heteroatoms. The molecule has 0 unspecified atom stereocenters. The van der Waals surface area contributed by atoms with Crippen molar-refractivity contribution in [1.29, 1.82) is 0 Å². The van der Waals surface area contributed by atoms with Crippen LogP contribution in [0.15, 0.2) is 58.3 Å². The van der Waals surface area contributed by atoms with E-state index in [0.717, 1.165) is 9.79 Å². The molecule has 2 aromatic carbocycles. The minimum absolute atomic E-state index is 0.141. The van der Waals surface area contributed by atoms with E-state index in [1.165, 1.54) is 30.8 Å². The Morgan fingerprint density at radius 2 is 1.79 bits per heavy atom. The largest absolute Gasteiger partial charge is 0.294 e. The van der Waals surface area contributed by atoms with Crippen molar-refractivity contribution in [3.8, 4) is 0 Å². The van der Waals surface area contributed by atoms with Crippen LogP contribution in [-0.4, -0.2) is 10.7 Å². The molecule has 2 rings (SSSR count).